The van der Waals surface area contributed by atoms with Gasteiger partial charge in [0.2, 0.25) is 0 Å². The minimum absolute atomic E-state index is 0.284. The highest BCUT2D eigenvalue weighted by Crippen LogP contribution is 2.19. The molecule has 1 saturated heterocycles. The Hall–Kier alpha value is -2.96. The molecule has 0 N–H and O–H groups in total. The van der Waals surface area contributed by atoms with Crippen molar-refractivity contribution in [3.8, 4) is 12.1 Å². The molecule has 24 heavy (non-hydrogen) atoms. The molecular weight excluding hydrogens is 305 g/mol. The van der Waals surface area contributed by atoms with E-state index in [1.807, 2.05) is 6.07 Å². The van der Waals surface area contributed by atoms with Crippen LogP contribution >= 0.6 is 0 Å². The van der Waals surface area contributed by atoms with Crippen LogP contribution in [0.4, 0.5) is 10.2 Å². The summed E-state index contributed by atoms with van der Waals surface area (Å²) in [5, 5.41) is 18.1. The van der Waals surface area contributed by atoms with Crippen molar-refractivity contribution in [2.24, 2.45) is 0 Å². The van der Waals surface area contributed by atoms with Crippen LogP contribution in [0.1, 0.15) is 16.7 Å². The van der Waals surface area contributed by atoms with Crippen molar-refractivity contribution in [2.75, 3.05) is 31.1 Å². The summed E-state index contributed by atoms with van der Waals surface area (Å²) >= 11 is 0. The Labute approximate surface area is 140 Å². The molecule has 1 aliphatic rings. The zero-order valence-electron chi connectivity index (χ0n) is 13.1. The van der Waals surface area contributed by atoms with Crippen LogP contribution in [0.5, 0.6) is 0 Å². The summed E-state index contributed by atoms with van der Waals surface area (Å²) in [5.41, 5.74) is 1.58. The van der Waals surface area contributed by atoms with Crippen LogP contribution in [0.15, 0.2) is 36.5 Å². The molecule has 1 aromatic heterocycles. The van der Waals surface area contributed by atoms with Gasteiger partial charge in [0.15, 0.2) is 0 Å². The molecule has 120 valence electrons. The van der Waals surface area contributed by atoms with E-state index in [9.17, 15) is 9.65 Å². The fourth-order valence-corrected chi connectivity index (χ4v) is 2.86. The molecule has 0 aliphatic carbocycles. The number of rotatable bonds is 3. The zero-order chi connectivity index (χ0) is 16.9. The third-order valence-electron chi connectivity index (χ3n) is 4.15. The van der Waals surface area contributed by atoms with Gasteiger partial charge in [0.25, 0.3) is 0 Å². The summed E-state index contributed by atoms with van der Waals surface area (Å²) in [6.45, 7) is 3.42. The van der Waals surface area contributed by atoms with Crippen LogP contribution in [0.3, 0.4) is 0 Å². The monoisotopic (exact) mass is 321 g/mol. The normalized spacial score (nSPS) is 14.9. The number of nitrogens with zero attached hydrogens (tertiary/aromatic N) is 5. The van der Waals surface area contributed by atoms with E-state index in [0.29, 0.717) is 29.1 Å². The van der Waals surface area contributed by atoms with Crippen LogP contribution < -0.4 is 4.90 Å². The van der Waals surface area contributed by atoms with Gasteiger partial charge in [0.05, 0.1) is 17.2 Å². The second kappa shape index (κ2) is 7.08. The number of piperazine rings is 1. The van der Waals surface area contributed by atoms with Gasteiger partial charge in [-0.3, -0.25) is 4.90 Å². The topological polar surface area (TPSA) is 67.0 Å². The van der Waals surface area contributed by atoms with Gasteiger partial charge in [-0.1, -0.05) is 0 Å². The molecule has 5 nitrogen and oxygen atoms in total. The lowest BCUT2D eigenvalue weighted by molar-refractivity contribution is 0.246. The smallest absolute Gasteiger partial charge is 0.146 e. The third kappa shape index (κ3) is 3.34. The summed E-state index contributed by atoms with van der Waals surface area (Å²) < 4.78 is 13.9. The predicted molar refractivity (Wildman–Crippen MR) is 87.6 cm³/mol. The van der Waals surface area contributed by atoms with Gasteiger partial charge >= 0.3 is 0 Å². The zero-order valence-corrected chi connectivity index (χ0v) is 13.1. The molecule has 0 atom stereocenters. The quantitative estimate of drug-likeness (QED) is 0.867. The maximum Gasteiger partial charge on any atom is 0.146 e. The summed E-state index contributed by atoms with van der Waals surface area (Å²) in [6.07, 6.45) is 1.69. The van der Waals surface area contributed by atoms with E-state index in [1.165, 1.54) is 12.1 Å². The van der Waals surface area contributed by atoms with Gasteiger partial charge in [0, 0.05) is 44.5 Å². The van der Waals surface area contributed by atoms with Gasteiger partial charge in [-0.25, -0.2) is 9.37 Å². The number of aromatic nitrogens is 1. The van der Waals surface area contributed by atoms with Crippen LogP contribution in [0, 0.1) is 28.5 Å². The van der Waals surface area contributed by atoms with Gasteiger partial charge in [0.1, 0.15) is 17.7 Å². The SMILES string of the molecule is N#Cc1ccc(F)c(CN2CCN(c3ncccc3C#N)CC2)c1. The van der Waals surface area contributed by atoms with E-state index in [1.54, 1.807) is 24.4 Å². The fourth-order valence-electron chi connectivity index (χ4n) is 2.86. The van der Waals surface area contributed by atoms with Crippen molar-refractivity contribution in [3.63, 3.8) is 0 Å². The Kier molecular flexibility index (Phi) is 4.69. The van der Waals surface area contributed by atoms with Gasteiger partial charge in [-0.2, -0.15) is 10.5 Å². The molecule has 0 saturated carbocycles. The van der Waals surface area contributed by atoms with Crippen molar-refractivity contribution in [3.05, 3.63) is 59.0 Å². The Morgan fingerprint density at radius 3 is 2.58 bits per heavy atom. The highest BCUT2D eigenvalue weighted by molar-refractivity contribution is 5.53. The van der Waals surface area contributed by atoms with Gasteiger partial charge in [-0.05, 0) is 30.3 Å². The third-order valence-corrected chi connectivity index (χ3v) is 4.15. The molecule has 0 spiro atoms. The maximum atomic E-state index is 13.9. The standard InChI is InChI=1S/C18H16FN5/c19-17-4-3-14(11-20)10-16(17)13-23-6-8-24(9-7-23)18-15(12-21)2-1-5-22-18/h1-5,10H,6-9,13H2. The lowest BCUT2D eigenvalue weighted by atomic mass is 10.1. The minimum Gasteiger partial charge on any atom is -0.353 e. The van der Waals surface area contributed by atoms with Crippen molar-refractivity contribution in [1.29, 1.82) is 10.5 Å². The number of pyridine rings is 1. The highest BCUT2D eigenvalue weighted by Gasteiger charge is 2.21. The van der Waals surface area contributed by atoms with E-state index < -0.39 is 0 Å². The largest absolute Gasteiger partial charge is 0.353 e. The molecule has 0 bridgehead atoms. The molecule has 6 heteroatoms. The van der Waals surface area contributed by atoms with Crippen molar-refractivity contribution < 1.29 is 4.39 Å². The molecular formula is C18H16FN5. The number of benzene rings is 1. The molecule has 0 amide bonds. The molecule has 1 aliphatic heterocycles. The first-order chi connectivity index (χ1) is 11.7. The average Bonchev–Trinajstić information content (AvgIpc) is 2.64. The van der Waals surface area contributed by atoms with Crippen LogP contribution in [0.2, 0.25) is 0 Å². The first-order valence-electron chi connectivity index (χ1n) is 7.72. The van der Waals surface area contributed by atoms with Gasteiger partial charge in [-0.15, -0.1) is 0 Å². The maximum absolute atomic E-state index is 13.9. The van der Waals surface area contributed by atoms with Crippen molar-refractivity contribution in [2.45, 2.75) is 6.54 Å². The predicted octanol–water partition coefficient (Wildman–Crippen LogP) is 2.29. The average molecular weight is 321 g/mol. The number of halogens is 1. The van der Waals surface area contributed by atoms with Crippen LogP contribution in [-0.4, -0.2) is 36.1 Å². The summed E-state index contributed by atoms with van der Waals surface area (Å²) in [6, 6.07) is 12.2. The number of anilines is 1. The highest BCUT2D eigenvalue weighted by atomic mass is 19.1. The van der Waals surface area contributed by atoms with E-state index in [0.717, 1.165) is 26.2 Å². The van der Waals surface area contributed by atoms with Crippen LogP contribution in [0.25, 0.3) is 0 Å². The molecule has 3 rings (SSSR count). The Balaban J connectivity index is 1.66. The summed E-state index contributed by atoms with van der Waals surface area (Å²) in [7, 11) is 0. The van der Waals surface area contributed by atoms with E-state index in [2.05, 4.69) is 20.9 Å². The number of nitriles is 2. The minimum atomic E-state index is -0.284. The van der Waals surface area contributed by atoms with Crippen molar-refractivity contribution in [1.82, 2.24) is 9.88 Å². The number of hydrogen-bond donors (Lipinski definition) is 0. The molecule has 2 heterocycles. The lowest BCUT2D eigenvalue weighted by Gasteiger charge is -2.35. The Bertz CT molecular complexity index is 813. The second-order valence-electron chi connectivity index (χ2n) is 5.67. The first kappa shape index (κ1) is 15.9. The molecule has 2 aromatic rings. The molecule has 1 fully saturated rings. The summed E-state index contributed by atoms with van der Waals surface area (Å²) in [4.78, 5) is 8.53. The molecule has 0 unspecified atom stereocenters. The second-order valence-corrected chi connectivity index (χ2v) is 5.67. The lowest BCUT2D eigenvalue weighted by Crippen LogP contribution is -2.46. The summed E-state index contributed by atoms with van der Waals surface area (Å²) in [5.74, 6) is 0.422. The molecule has 1 aromatic carbocycles. The number of hydrogen-bond acceptors (Lipinski definition) is 5. The fraction of sp³-hybridized carbons (Fsp3) is 0.278. The Morgan fingerprint density at radius 1 is 1.08 bits per heavy atom. The van der Waals surface area contributed by atoms with E-state index in [-0.39, 0.29) is 5.82 Å². The first-order valence-corrected chi connectivity index (χ1v) is 7.72. The Morgan fingerprint density at radius 2 is 1.88 bits per heavy atom. The van der Waals surface area contributed by atoms with Gasteiger partial charge < -0.3 is 4.90 Å². The molecule has 0 radical (unpaired) electrons. The van der Waals surface area contributed by atoms with E-state index in [4.69, 9.17) is 5.26 Å². The van der Waals surface area contributed by atoms with Crippen molar-refractivity contribution >= 4 is 5.82 Å². The van der Waals surface area contributed by atoms with E-state index >= 15 is 0 Å². The van der Waals surface area contributed by atoms with Crippen LogP contribution in [-0.2, 0) is 6.54 Å².